The molecule has 2 aromatic rings. The van der Waals surface area contributed by atoms with E-state index in [2.05, 4.69) is 18.6 Å². The van der Waals surface area contributed by atoms with Crippen molar-refractivity contribution in [2.24, 2.45) is 0 Å². The van der Waals surface area contributed by atoms with E-state index in [1.54, 1.807) is 26.4 Å². The molecule has 1 N–H and O–H groups in total. The Hall–Kier alpha value is -2.05. The molecule has 0 aliphatic rings. The Kier molecular flexibility index (Phi) is 7.06. The lowest BCUT2D eigenvalue weighted by molar-refractivity contribution is 0.354. The molecule has 0 radical (unpaired) electrons. The Balaban J connectivity index is 2.00. The zero-order valence-corrected chi connectivity index (χ0v) is 16.6. The van der Waals surface area contributed by atoms with Crippen molar-refractivity contribution >= 4 is 10.0 Å². The maximum atomic E-state index is 12.4. The van der Waals surface area contributed by atoms with Crippen LogP contribution < -0.4 is 14.2 Å². The van der Waals surface area contributed by atoms with Gasteiger partial charge >= 0.3 is 0 Å². The predicted molar refractivity (Wildman–Crippen MR) is 104 cm³/mol. The van der Waals surface area contributed by atoms with Crippen LogP contribution in [0.4, 0.5) is 0 Å². The van der Waals surface area contributed by atoms with Gasteiger partial charge in [0, 0.05) is 6.54 Å². The van der Waals surface area contributed by atoms with Gasteiger partial charge in [0.25, 0.3) is 0 Å². The Morgan fingerprint density at radius 3 is 2.23 bits per heavy atom. The number of hydrogen-bond donors (Lipinski definition) is 1. The monoisotopic (exact) mass is 377 g/mol. The highest BCUT2D eigenvalue weighted by atomic mass is 32.2. The minimum absolute atomic E-state index is 0.289. The Bertz CT molecular complexity index is 816. The summed E-state index contributed by atoms with van der Waals surface area (Å²) < 4.78 is 38.0. The van der Waals surface area contributed by atoms with Crippen molar-refractivity contribution in [2.45, 2.75) is 37.5 Å². The molecular weight excluding hydrogens is 350 g/mol. The van der Waals surface area contributed by atoms with Crippen LogP contribution in [0.15, 0.2) is 47.4 Å². The summed E-state index contributed by atoms with van der Waals surface area (Å²) in [5.41, 5.74) is 2.12. The van der Waals surface area contributed by atoms with Crippen LogP contribution in [0, 0.1) is 0 Å². The maximum absolute atomic E-state index is 12.4. The van der Waals surface area contributed by atoms with Gasteiger partial charge < -0.3 is 9.47 Å². The first-order valence-corrected chi connectivity index (χ1v) is 10.2. The van der Waals surface area contributed by atoms with Crippen molar-refractivity contribution in [1.29, 1.82) is 0 Å². The second-order valence-electron chi connectivity index (χ2n) is 6.22. The molecule has 0 saturated heterocycles. The van der Waals surface area contributed by atoms with Crippen molar-refractivity contribution in [2.75, 3.05) is 20.8 Å². The Morgan fingerprint density at radius 1 is 1.00 bits per heavy atom. The molecule has 0 aliphatic heterocycles. The van der Waals surface area contributed by atoms with E-state index in [-0.39, 0.29) is 4.90 Å². The molecule has 0 aliphatic carbocycles. The molecule has 142 valence electrons. The lowest BCUT2D eigenvalue weighted by Gasteiger charge is -2.12. The molecule has 0 unspecified atom stereocenters. The first-order valence-electron chi connectivity index (χ1n) is 8.71. The molecule has 0 heterocycles. The van der Waals surface area contributed by atoms with Gasteiger partial charge in [-0.3, -0.25) is 0 Å². The van der Waals surface area contributed by atoms with Gasteiger partial charge in [-0.1, -0.05) is 32.0 Å². The van der Waals surface area contributed by atoms with E-state index in [0.29, 0.717) is 30.4 Å². The van der Waals surface area contributed by atoms with Crippen LogP contribution in [0.25, 0.3) is 0 Å². The second kappa shape index (κ2) is 9.05. The highest BCUT2D eigenvalue weighted by molar-refractivity contribution is 7.89. The van der Waals surface area contributed by atoms with Crippen LogP contribution >= 0.6 is 0 Å². The summed E-state index contributed by atoms with van der Waals surface area (Å²) in [5, 5.41) is 0. The molecule has 1 atom stereocenters. The van der Waals surface area contributed by atoms with E-state index in [1.165, 1.54) is 0 Å². The first kappa shape index (κ1) is 20.3. The minimum atomic E-state index is -3.51. The summed E-state index contributed by atoms with van der Waals surface area (Å²) in [6, 6.07) is 12.7. The molecule has 0 aromatic heterocycles. The van der Waals surface area contributed by atoms with Crippen LogP contribution in [0.1, 0.15) is 37.3 Å². The smallest absolute Gasteiger partial charge is 0.240 e. The molecule has 5 nitrogen and oxygen atoms in total. The van der Waals surface area contributed by atoms with Gasteiger partial charge in [-0.2, -0.15) is 0 Å². The number of ether oxygens (including phenoxy) is 2. The van der Waals surface area contributed by atoms with Crippen LogP contribution in [-0.4, -0.2) is 29.2 Å². The fraction of sp³-hybridized carbons (Fsp3) is 0.400. The van der Waals surface area contributed by atoms with Crippen molar-refractivity contribution in [3.05, 3.63) is 53.6 Å². The van der Waals surface area contributed by atoms with Gasteiger partial charge in [0.2, 0.25) is 10.0 Å². The average Bonchev–Trinajstić information content (AvgIpc) is 2.67. The first-order chi connectivity index (χ1) is 12.4. The van der Waals surface area contributed by atoms with E-state index in [1.807, 2.05) is 30.3 Å². The molecule has 2 aromatic carbocycles. The van der Waals surface area contributed by atoms with E-state index in [9.17, 15) is 8.42 Å². The quantitative estimate of drug-likeness (QED) is 0.723. The van der Waals surface area contributed by atoms with Crippen LogP contribution in [0.3, 0.4) is 0 Å². The Morgan fingerprint density at radius 2 is 1.65 bits per heavy atom. The summed E-state index contributed by atoms with van der Waals surface area (Å²) in [5.74, 6) is 1.71. The van der Waals surface area contributed by atoms with Crippen molar-refractivity contribution in [3.8, 4) is 11.5 Å². The maximum Gasteiger partial charge on any atom is 0.240 e. The largest absolute Gasteiger partial charge is 0.493 e. The van der Waals surface area contributed by atoms with Crippen LogP contribution in [-0.2, 0) is 16.4 Å². The third-order valence-electron chi connectivity index (χ3n) is 4.53. The molecule has 0 fully saturated rings. The topological polar surface area (TPSA) is 64.6 Å². The number of hydrogen-bond acceptors (Lipinski definition) is 4. The summed E-state index contributed by atoms with van der Waals surface area (Å²) in [6.07, 6.45) is 1.58. The summed E-state index contributed by atoms with van der Waals surface area (Å²) in [7, 11) is -0.356. The lowest BCUT2D eigenvalue weighted by Crippen LogP contribution is -2.26. The van der Waals surface area contributed by atoms with E-state index >= 15 is 0 Å². The SMILES string of the molecule is CC[C@H](C)c1ccc(S(=O)(=O)NCCc2ccc(OC)c(OC)c2)cc1. The minimum Gasteiger partial charge on any atom is -0.493 e. The zero-order chi connectivity index (χ0) is 19.2. The summed E-state index contributed by atoms with van der Waals surface area (Å²) in [6.45, 7) is 4.56. The molecule has 2 rings (SSSR count). The summed E-state index contributed by atoms with van der Waals surface area (Å²) in [4.78, 5) is 0.289. The normalized spacial score (nSPS) is 12.6. The molecule has 26 heavy (non-hydrogen) atoms. The highest BCUT2D eigenvalue weighted by Gasteiger charge is 2.14. The fourth-order valence-electron chi connectivity index (χ4n) is 2.66. The van der Waals surface area contributed by atoms with E-state index in [0.717, 1.165) is 17.5 Å². The number of methoxy groups -OCH3 is 2. The van der Waals surface area contributed by atoms with Gasteiger partial charge in [0.05, 0.1) is 19.1 Å². The molecule has 0 saturated carbocycles. The van der Waals surface area contributed by atoms with Gasteiger partial charge in [-0.05, 0) is 54.2 Å². The van der Waals surface area contributed by atoms with Gasteiger partial charge in [-0.25, -0.2) is 13.1 Å². The van der Waals surface area contributed by atoms with E-state index < -0.39 is 10.0 Å². The molecular formula is C20H27NO4S. The van der Waals surface area contributed by atoms with Crippen molar-refractivity contribution < 1.29 is 17.9 Å². The van der Waals surface area contributed by atoms with Gasteiger partial charge in [0.1, 0.15) is 0 Å². The van der Waals surface area contributed by atoms with Gasteiger partial charge in [-0.15, -0.1) is 0 Å². The predicted octanol–water partition coefficient (Wildman–Crippen LogP) is 3.74. The van der Waals surface area contributed by atoms with Crippen LogP contribution in [0.2, 0.25) is 0 Å². The summed E-state index contributed by atoms with van der Waals surface area (Å²) >= 11 is 0. The number of sulfonamides is 1. The lowest BCUT2D eigenvalue weighted by atomic mass is 9.99. The molecule has 0 bridgehead atoms. The zero-order valence-electron chi connectivity index (χ0n) is 15.8. The fourth-order valence-corrected chi connectivity index (χ4v) is 3.69. The third kappa shape index (κ3) is 4.99. The molecule has 6 heteroatoms. The van der Waals surface area contributed by atoms with Crippen molar-refractivity contribution in [3.63, 3.8) is 0 Å². The highest BCUT2D eigenvalue weighted by Crippen LogP contribution is 2.27. The molecule has 0 amide bonds. The Labute approximate surface area is 156 Å². The standard InChI is InChI=1S/C20H27NO4S/c1-5-15(2)17-7-9-18(10-8-17)26(22,23)21-13-12-16-6-11-19(24-3)20(14-16)25-4/h6-11,14-15,21H,5,12-13H2,1-4H3/t15-/m0/s1. The average molecular weight is 378 g/mol. The molecule has 0 spiro atoms. The number of benzene rings is 2. The van der Waals surface area contributed by atoms with Crippen LogP contribution in [0.5, 0.6) is 11.5 Å². The number of rotatable bonds is 9. The van der Waals surface area contributed by atoms with Crippen molar-refractivity contribution in [1.82, 2.24) is 4.72 Å². The second-order valence-corrected chi connectivity index (χ2v) is 7.98. The van der Waals surface area contributed by atoms with E-state index in [4.69, 9.17) is 9.47 Å². The van der Waals surface area contributed by atoms with Gasteiger partial charge in [0.15, 0.2) is 11.5 Å². The third-order valence-corrected chi connectivity index (χ3v) is 6.00. The number of nitrogens with one attached hydrogen (secondary N) is 1.